The summed E-state index contributed by atoms with van der Waals surface area (Å²) in [6.45, 7) is 3.63. The molecule has 0 bridgehead atoms. The Morgan fingerprint density at radius 1 is 1.26 bits per heavy atom. The van der Waals surface area contributed by atoms with Crippen LogP contribution in [0.4, 0.5) is 0 Å². The number of aromatic carboxylic acids is 1. The second-order valence-electron chi connectivity index (χ2n) is 6.94. The summed E-state index contributed by atoms with van der Waals surface area (Å²) in [5.41, 5.74) is 2.96. The number of carbonyl (C=O) groups is 2. The van der Waals surface area contributed by atoms with E-state index in [1.165, 1.54) is 6.20 Å². The van der Waals surface area contributed by atoms with Crippen molar-refractivity contribution in [3.05, 3.63) is 52.8 Å². The fraction of sp³-hybridized carbons (Fsp3) is 0.450. The standard InChI is InChI=1S/C20H25N3O4/c1-14-18(20(25)26)12-21-23(14)17-6-8-22(9-7-17)19(24)11-15-4-3-5-16(10-15)13-27-2/h3-5,10,12,17H,6-9,11,13H2,1-2H3,(H,25,26). The van der Waals surface area contributed by atoms with E-state index in [0.717, 1.165) is 24.0 Å². The highest BCUT2D eigenvalue weighted by Crippen LogP contribution is 2.25. The predicted molar refractivity (Wildman–Crippen MR) is 99.6 cm³/mol. The van der Waals surface area contributed by atoms with Crippen molar-refractivity contribution in [3.8, 4) is 0 Å². The highest BCUT2D eigenvalue weighted by molar-refractivity contribution is 5.88. The smallest absolute Gasteiger partial charge is 0.339 e. The lowest BCUT2D eigenvalue weighted by atomic mass is 10.0. The zero-order valence-electron chi connectivity index (χ0n) is 15.7. The van der Waals surface area contributed by atoms with Crippen molar-refractivity contribution < 1.29 is 19.4 Å². The minimum Gasteiger partial charge on any atom is -0.478 e. The Hall–Kier alpha value is -2.67. The van der Waals surface area contributed by atoms with Crippen molar-refractivity contribution in [1.29, 1.82) is 0 Å². The van der Waals surface area contributed by atoms with Crippen LogP contribution in [-0.2, 0) is 22.6 Å². The van der Waals surface area contributed by atoms with Gasteiger partial charge in [-0.15, -0.1) is 0 Å². The van der Waals surface area contributed by atoms with E-state index < -0.39 is 5.97 Å². The highest BCUT2D eigenvalue weighted by Gasteiger charge is 2.26. The summed E-state index contributed by atoms with van der Waals surface area (Å²) in [7, 11) is 1.66. The first-order chi connectivity index (χ1) is 13.0. The average molecular weight is 371 g/mol. The number of carbonyl (C=O) groups excluding carboxylic acids is 1. The van der Waals surface area contributed by atoms with Gasteiger partial charge in [0.2, 0.25) is 5.91 Å². The van der Waals surface area contributed by atoms with Gasteiger partial charge in [-0.05, 0) is 30.9 Å². The molecule has 1 aliphatic heterocycles. The van der Waals surface area contributed by atoms with Gasteiger partial charge < -0.3 is 14.7 Å². The molecule has 7 nitrogen and oxygen atoms in total. The molecule has 7 heteroatoms. The number of carboxylic acids is 1. The van der Waals surface area contributed by atoms with E-state index in [1.54, 1.807) is 18.7 Å². The van der Waals surface area contributed by atoms with Crippen LogP contribution >= 0.6 is 0 Å². The fourth-order valence-corrected chi connectivity index (χ4v) is 3.64. The summed E-state index contributed by atoms with van der Waals surface area (Å²) >= 11 is 0. The monoisotopic (exact) mass is 371 g/mol. The van der Waals surface area contributed by atoms with Crippen molar-refractivity contribution in [2.75, 3.05) is 20.2 Å². The minimum absolute atomic E-state index is 0.117. The molecule has 144 valence electrons. The number of nitrogens with zero attached hydrogens (tertiary/aromatic N) is 3. The van der Waals surface area contributed by atoms with E-state index in [4.69, 9.17) is 4.74 Å². The molecule has 27 heavy (non-hydrogen) atoms. The first kappa shape index (κ1) is 19.1. The van der Waals surface area contributed by atoms with Gasteiger partial charge in [-0.2, -0.15) is 5.10 Å². The number of hydrogen-bond acceptors (Lipinski definition) is 4. The molecule has 3 rings (SSSR count). The highest BCUT2D eigenvalue weighted by atomic mass is 16.5. The molecular formula is C20H25N3O4. The van der Waals surface area contributed by atoms with E-state index in [2.05, 4.69) is 5.10 Å². The van der Waals surface area contributed by atoms with Gasteiger partial charge >= 0.3 is 5.97 Å². The number of methoxy groups -OCH3 is 1. The molecule has 0 atom stereocenters. The molecule has 0 aliphatic carbocycles. The molecule has 1 N–H and O–H groups in total. The maximum atomic E-state index is 12.6. The van der Waals surface area contributed by atoms with Crippen molar-refractivity contribution in [2.45, 2.75) is 38.8 Å². The number of amides is 1. The van der Waals surface area contributed by atoms with Crippen LogP contribution in [0.3, 0.4) is 0 Å². The Morgan fingerprint density at radius 2 is 1.96 bits per heavy atom. The van der Waals surface area contributed by atoms with Crippen LogP contribution in [-0.4, -0.2) is 51.9 Å². The average Bonchev–Trinajstić information content (AvgIpc) is 3.04. The number of carboxylic acid groups (broad SMARTS) is 1. The molecule has 2 aromatic rings. The zero-order chi connectivity index (χ0) is 19.4. The van der Waals surface area contributed by atoms with Gasteiger partial charge in [0, 0.05) is 20.2 Å². The van der Waals surface area contributed by atoms with Crippen LogP contribution in [0.2, 0.25) is 0 Å². The quantitative estimate of drug-likeness (QED) is 0.843. The molecule has 0 radical (unpaired) electrons. The second kappa shape index (κ2) is 8.35. The number of benzene rings is 1. The van der Waals surface area contributed by atoms with E-state index >= 15 is 0 Å². The third kappa shape index (κ3) is 4.36. The Balaban J connectivity index is 1.58. The molecule has 1 aliphatic rings. The summed E-state index contributed by atoms with van der Waals surface area (Å²) in [6.07, 6.45) is 3.34. The summed E-state index contributed by atoms with van der Waals surface area (Å²) in [4.78, 5) is 25.7. The van der Waals surface area contributed by atoms with Gasteiger partial charge in [0.15, 0.2) is 0 Å². The van der Waals surface area contributed by atoms with Crippen LogP contribution in [0, 0.1) is 6.92 Å². The first-order valence-electron chi connectivity index (χ1n) is 9.11. The predicted octanol–water partition coefficient (Wildman–Crippen LogP) is 2.44. The molecule has 1 amide bonds. The number of hydrogen-bond donors (Lipinski definition) is 1. The molecule has 1 fully saturated rings. The summed E-state index contributed by atoms with van der Waals surface area (Å²) in [5, 5.41) is 13.4. The Bertz CT molecular complexity index is 822. The maximum absolute atomic E-state index is 12.6. The minimum atomic E-state index is -0.956. The van der Waals surface area contributed by atoms with E-state index in [1.807, 2.05) is 29.2 Å². The van der Waals surface area contributed by atoms with Gasteiger partial charge in [-0.3, -0.25) is 9.48 Å². The molecular weight excluding hydrogens is 346 g/mol. The van der Waals surface area contributed by atoms with Crippen molar-refractivity contribution in [2.24, 2.45) is 0 Å². The number of aromatic nitrogens is 2. The van der Waals surface area contributed by atoms with Crippen LogP contribution < -0.4 is 0 Å². The van der Waals surface area contributed by atoms with Gasteiger partial charge in [0.05, 0.1) is 31.0 Å². The second-order valence-corrected chi connectivity index (χ2v) is 6.94. The van der Waals surface area contributed by atoms with E-state index in [0.29, 0.717) is 31.8 Å². The Morgan fingerprint density at radius 3 is 2.59 bits per heavy atom. The normalized spacial score (nSPS) is 15.1. The van der Waals surface area contributed by atoms with Gasteiger partial charge in [-0.25, -0.2) is 4.79 Å². The van der Waals surface area contributed by atoms with Crippen LogP contribution in [0.5, 0.6) is 0 Å². The molecule has 1 saturated heterocycles. The molecule has 1 aromatic heterocycles. The zero-order valence-corrected chi connectivity index (χ0v) is 15.7. The number of piperidine rings is 1. The maximum Gasteiger partial charge on any atom is 0.339 e. The summed E-state index contributed by atoms with van der Waals surface area (Å²) in [5.74, 6) is -0.839. The topological polar surface area (TPSA) is 84.7 Å². The summed E-state index contributed by atoms with van der Waals surface area (Å²) < 4.78 is 6.93. The van der Waals surface area contributed by atoms with Crippen LogP contribution in [0.15, 0.2) is 30.5 Å². The van der Waals surface area contributed by atoms with Crippen molar-refractivity contribution >= 4 is 11.9 Å². The van der Waals surface area contributed by atoms with E-state index in [9.17, 15) is 14.7 Å². The fourth-order valence-electron chi connectivity index (χ4n) is 3.64. The lowest BCUT2D eigenvalue weighted by molar-refractivity contribution is -0.131. The lowest BCUT2D eigenvalue weighted by Crippen LogP contribution is -2.40. The third-order valence-corrected chi connectivity index (χ3v) is 5.10. The Labute approximate surface area is 158 Å². The largest absolute Gasteiger partial charge is 0.478 e. The molecule has 0 saturated carbocycles. The van der Waals surface area contributed by atoms with Crippen molar-refractivity contribution in [3.63, 3.8) is 0 Å². The van der Waals surface area contributed by atoms with Crippen molar-refractivity contribution in [1.82, 2.24) is 14.7 Å². The van der Waals surface area contributed by atoms with Gasteiger partial charge in [0.25, 0.3) is 0 Å². The SMILES string of the molecule is COCc1cccc(CC(=O)N2CCC(n3ncc(C(=O)O)c3C)CC2)c1. The number of rotatable bonds is 6. The van der Waals surface area contributed by atoms with Crippen LogP contribution in [0.25, 0.3) is 0 Å². The molecule has 1 aromatic carbocycles. The first-order valence-corrected chi connectivity index (χ1v) is 9.11. The molecule has 0 unspecified atom stereocenters. The Kier molecular flexibility index (Phi) is 5.91. The molecule has 0 spiro atoms. The van der Waals surface area contributed by atoms with Crippen LogP contribution in [0.1, 0.15) is 46.1 Å². The lowest BCUT2D eigenvalue weighted by Gasteiger charge is -2.32. The molecule has 2 heterocycles. The van der Waals surface area contributed by atoms with E-state index in [-0.39, 0.29) is 17.5 Å². The number of ether oxygens (including phenoxy) is 1. The van der Waals surface area contributed by atoms with Gasteiger partial charge in [-0.1, -0.05) is 24.3 Å². The number of likely N-dealkylation sites (tertiary alicyclic amines) is 1. The third-order valence-electron chi connectivity index (χ3n) is 5.10. The summed E-state index contributed by atoms with van der Waals surface area (Å²) in [6, 6.07) is 8.04. The van der Waals surface area contributed by atoms with Gasteiger partial charge in [0.1, 0.15) is 5.56 Å².